The lowest BCUT2D eigenvalue weighted by Gasteiger charge is -2.14. The number of carbonyl (C=O) groups is 2. The molecule has 0 atom stereocenters. The summed E-state index contributed by atoms with van der Waals surface area (Å²) in [6, 6.07) is 3.17. The number of benzene rings is 1. The van der Waals surface area contributed by atoms with E-state index in [4.69, 9.17) is 14.2 Å². The van der Waals surface area contributed by atoms with Crippen molar-refractivity contribution in [3.8, 4) is 17.2 Å². The largest absolute Gasteiger partial charge is 0.493 e. The molecule has 0 saturated heterocycles. The van der Waals surface area contributed by atoms with E-state index in [0.29, 0.717) is 53.6 Å². The van der Waals surface area contributed by atoms with Gasteiger partial charge in [0.25, 0.3) is 5.91 Å². The Morgan fingerprint density at radius 2 is 1.66 bits per heavy atom. The van der Waals surface area contributed by atoms with Crippen molar-refractivity contribution < 1.29 is 28.5 Å². The second-order valence-corrected chi connectivity index (χ2v) is 6.32. The standard InChI is InChI=1S/C20H27N3O6/c1-12-18(13(2)23(22-12)9-7-8-17(24)28-5)21-20(25)14-10-15(26-3)19(29-6)16(11-14)27-4/h10-11H,7-9H2,1-6H3,(H,21,25). The van der Waals surface area contributed by atoms with Crippen LogP contribution in [0.2, 0.25) is 0 Å². The normalized spacial score (nSPS) is 10.4. The number of aryl methyl sites for hydroxylation is 2. The first-order chi connectivity index (χ1) is 13.9. The fourth-order valence-electron chi connectivity index (χ4n) is 2.97. The Balaban J connectivity index is 2.22. The molecule has 0 aliphatic heterocycles. The summed E-state index contributed by atoms with van der Waals surface area (Å²) in [5, 5.41) is 7.35. The predicted molar refractivity (Wildman–Crippen MR) is 107 cm³/mol. The zero-order valence-corrected chi connectivity index (χ0v) is 17.6. The lowest BCUT2D eigenvalue weighted by atomic mass is 10.1. The molecular formula is C20H27N3O6. The predicted octanol–water partition coefficient (Wildman–Crippen LogP) is 2.73. The quantitative estimate of drug-likeness (QED) is 0.640. The van der Waals surface area contributed by atoms with Gasteiger partial charge in [0.05, 0.1) is 45.5 Å². The number of carbonyl (C=O) groups excluding carboxylic acids is 2. The Morgan fingerprint density at radius 1 is 1.03 bits per heavy atom. The molecule has 1 aromatic heterocycles. The van der Waals surface area contributed by atoms with E-state index < -0.39 is 0 Å². The first-order valence-corrected chi connectivity index (χ1v) is 9.08. The fourth-order valence-corrected chi connectivity index (χ4v) is 2.97. The maximum absolute atomic E-state index is 12.8. The van der Waals surface area contributed by atoms with Crippen molar-refractivity contribution in [3.63, 3.8) is 0 Å². The number of aromatic nitrogens is 2. The minimum absolute atomic E-state index is 0.262. The summed E-state index contributed by atoms with van der Waals surface area (Å²) in [7, 11) is 5.85. The van der Waals surface area contributed by atoms with Gasteiger partial charge in [0.2, 0.25) is 5.75 Å². The molecule has 2 aromatic rings. The van der Waals surface area contributed by atoms with E-state index in [-0.39, 0.29) is 11.9 Å². The lowest BCUT2D eigenvalue weighted by molar-refractivity contribution is -0.140. The summed E-state index contributed by atoms with van der Waals surface area (Å²) in [6.07, 6.45) is 0.900. The highest BCUT2D eigenvalue weighted by molar-refractivity contribution is 6.05. The number of nitrogens with zero attached hydrogens (tertiary/aromatic N) is 2. The number of esters is 1. The van der Waals surface area contributed by atoms with Crippen LogP contribution >= 0.6 is 0 Å². The fraction of sp³-hybridized carbons (Fsp3) is 0.450. The van der Waals surface area contributed by atoms with Gasteiger partial charge in [-0.3, -0.25) is 14.3 Å². The van der Waals surface area contributed by atoms with Crippen LogP contribution in [0.3, 0.4) is 0 Å². The van der Waals surface area contributed by atoms with Crippen LogP contribution in [0.5, 0.6) is 17.2 Å². The molecule has 158 valence electrons. The third-order valence-electron chi connectivity index (χ3n) is 4.53. The van der Waals surface area contributed by atoms with Crippen molar-refractivity contribution in [1.29, 1.82) is 0 Å². The molecule has 0 saturated carbocycles. The van der Waals surface area contributed by atoms with Crippen LogP contribution in [0.25, 0.3) is 0 Å². The van der Waals surface area contributed by atoms with Crippen LogP contribution in [0.4, 0.5) is 5.69 Å². The minimum Gasteiger partial charge on any atom is -0.493 e. The van der Waals surface area contributed by atoms with E-state index in [0.717, 1.165) is 5.69 Å². The highest BCUT2D eigenvalue weighted by Crippen LogP contribution is 2.38. The topological polar surface area (TPSA) is 101 Å². The Bertz CT molecular complexity index is 866. The van der Waals surface area contributed by atoms with Crippen molar-refractivity contribution in [1.82, 2.24) is 9.78 Å². The summed E-state index contributed by atoms with van der Waals surface area (Å²) in [4.78, 5) is 24.1. The zero-order chi connectivity index (χ0) is 21.6. The third kappa shape index (κ3) is 4.98. The molecule has 1 amide bonds. The van der Waals surface area contributed by atoms with Crippen LogP contribution in [0.1, 0.15) is 34.6 Å². The van der Waals surface area contributed by atoms with Crippen molar-refractivity contribution in [3.05, 3.63) is 29.1 Å². The number of hydrogen-bond acceptors (Lipinski definition) is 7. The van der Waals surface area contributed by atoms with E-state index in [9.17, 15) is 9.59 Å². The monoisotopic (exact) mass is 405 g/mol. The van der Waals surface area contributed by atoms with Crippen molar-refractivity contribution in [2.24, 2.45) is 0 Å². The molecule has 0 fully saturated rings. The molecule has 2 rings (SSSR count). The molecule has 0 spiro atoms. The molecule has 0 radical (unpaired) electrons. The van der Waals surface area contributed by atoms with Gasteiger partial charge in [-0.2, -0.15) is 5.10 Å². The van der Waals surface area contributed by atoms with Gasteiger partial charge in [-0.25, -0.2) is 0 Å². The van der Waals surface area contributed by atoms with Crippen molar-refractivity contribution >= 4 is 17.6 Å². The summed E-state index contributed by atoms with van der Waals surface area (Å²) in [6.45, 7) is 4.22. The Labute approximate surface area is 169 Å². The second kappa shape index (κ2) is 9.81. The van der Waals surface area contributed by atoms with Gasteiger partial charge in [0.1, 0.15) is 0 Å². The van der Waals surface area contributed by atoms with Gasteiger partial charge in [-0.05, 0) is 32.4 Å². The molecule has 0 unspecified atom stereocenters. The summed E-state index contributed by atoms with van der Waals surface area (Å²) in [5.41, 5.74) is 2.47. The van der Waals surface area contributed by atoms with Crippen LogP contribution in [-0.2, 0) is 16.1 Å². The number of nitrogens with one attached hydrogen (secondary N) is 1. The van der Waals surface area contributed by atoms with E-state index in [1.807, 2.05) is 13.8 Å². The Kier molecular flexibility index (Phi) is 7.46. The average molecular weight is 405 g/mol. The van der Waals surface area contributed by atoms with Gasteiger partial charge in [0, 0.05) is 18.5 Å². The van der Waals surface area contributed by atoms with Crippen molar-refractivity contribution in [2.45, 2.75) is 33.2 Å². The van der Waals surface area contributed by atoms with E-state index >= 15 is 0 Å². The molecule has 0 aliphatic rings. The maximum Gasteiger partial charge on any atom is 0.305 e. The third-order valence-corrected chi connectivity index (χ3v) is 4.53. The number of methoxy groups -OCH3 is 4. The SMILES string of the molecule is COC(=O)CCCn1nc(C)c(NC(=O)c2cc(OC)c(OC)c(OC)c2)c1C. The maximum atomic E-state index is 12.8. The molecule has 9 nitrogen and oxygen atoms in total. The highest BCUT2D eigenvalue weighted by atomic mass is 16.5. The minimum atomic E-state index is -0.329. The molecule has 0 aliphatic carbocycles. The molecular weight excluding hydrogens is 378 g/mol. The molecule has 0 bridgehead atoms. The molecule has 1 N–H and O–H groups in total. The molecule has 1 heterocycles. The Morgan fingerprint density at radius 3 is 2.17 bits per heavy atom. The highest BCUT2D eigenvalue weighted by Gasteiger charge is 2.20. The second-order valence-electron chi connectivity index (χ2n) is 6.32. The van der Waals surface area contributed by atoms with Gasteiger partial charge < -0.3 is 24.3 Å². The molecule has 1 aromatic carbocycles. The zero-order valence-electron chi connectivity index (χ0n) is 17.6. The van der Waals surface area contributed by atoms with Crippen LogP contribution in [0.15, 0.2) is 12.1 Å². The smallest absolute Gasteiger partial charge is 0.305 e. The number of hydrogen-bond donors (Lipinski definition) is 1. The Hall–Kier alpha value is -3.23. The van der Waals surface area contributed by atoms with E-state index in [2.05, 4.69) is 15.2 Å². The lowest BCUT2D eigenvalue weighted by Crippen LogP contribution is -2.14. The van der Waals surface area contributed by atoms with E-state index in [1.165, 1.54) is 28.4 Å². The summed E-state index contributed by atoms with van der Waals surface area (Å²) < 4.78 is 22.3. The number of ether oxygens (including phenoxy) is 4. The van der Waals surface area contributed by atoms with Crippen LogP contribution in [0, 0.1) is 13.8 Å². The first kappa shape index (κ1) is 22.1. The first-order valence-electron chi connectivity index (χ1n) is 9.08. The van der Waals surface area contributed by atoms with E-state index in [1.54, 1.807) is 16.8 Å². The molecule has 9 heteroatoms. The van der Waals surface area contributed by atoms with Gasteiger partial charge in [-0.15, -0.1) is 0 Å². The van der Waals surface area contributed by atoms with Crippen molar-refractivity contribution in [2.75, 3.05) is 33.8 Å². The van der Waals surface area contributed by atoms with Gasteiger partial charge >= 0.3 is 5.97 Å². The number of anilines is 1. The average Bonchev–Trinajstić information content (AvgIpc) is 2.99. The van der Waals surface area contributed by atoms with Crippen LogP contribution < -0.4 is 19.5 Å². The number of rotatable bonds is 9. The van der Waals surface area contributed by atoms with Gasteiger partial charge in [-0.1, -0.05) is 0 Å². The van der Waals surface area contributed by atoms with Gasteiger partial charge in [0.15, 0.2) is 11.5 Å². The summed E-state index contributed by atoms with van der Waals surface area (Å²) in [5.74, 6) is 0.609. The van der Waals surface area contributed by atoms with Crippen LogP contribution in [-0.4, -0.2) is 50.1 Å². The molecule has 29 heavy (non-hydrogen) atoms. The summed E-state index contributed by atoms with van der Waals surface area (Å²) >= 11 is 0. The number of amides is 1.